The molecule has 0 aromatic heterocycles. The van der Waals surface area contributed by atoms with Gasteiger partial charge in [-0.05, 0) is 49.4 Å². The molecule has 0 aliphatic carbocycles. The van der Waals surface area contributed by atoms with Crippen molar-refractivity contribution < 1.29 is 27.5 Å². The van der Waals surface area contributed by atoms with Crippen molar-refractivity contribution in [2.75, 3.05) is 36.9 Å². The van der Waals surface area contributed by atoms with Gasteiger partial charge >= 0.3 is 0 Å². The molecule has 2 aromatic rings. The van der Waals surface area contributed by atoms with Gasteiger partial charge in [0.2, 0.25) is 21.8 Å². The molecule has 1 aliphatic rings. The van der Waals surface area contributed by atoms with Crippen LogP contribution in [-0.2, 0) is 26.2 Å². The molecule has 0 radical (unpaired) electrons. The zero-order chi connectivity index (χ0) is 27.7. The zero-order valence-electron chi connectivity index (χ0n) is 22.7. The first-order chi connectivity index (χ1) is 18.2. The van der Waals surface area contributed by atoms with Crippen molar-refractivity contribution in [1.82, 2.24) is 10.2 Å². The fourth-order valence-electron chi connectivity index (χ4n) is 4.45. The summed E-state index contributed by atoms with van der Waals surface area (Å²) in [7, 11) is -3.61. The number of anilines is 1. The summed E-state index contributed by atoms with van der Waals surface area (Å²) in [5.41, 5.74) is 2.46. The normalized spacial score (nSPS) is 13.5. The molecule has 38 heavy (non-hydrogen) atoms. The molecule has 0 bridgehead atoms. The Morgan fingerprint density at radius 2 is 1.76 bits per heavy atom. The Hall–Kier alpha value is -3.27. The number of nitrogens with one attached hydrogen (secondary N) is 1. The summed E-state index contributed by atoms with van der Waals surface area (Å²) in [6, 6.07) is 12.2. The van der Waals surface area contributed by atoms with Crippen molar-refractivity contribution in [3.63, 3.8) is 0 Å². The lowest BCUT2D eigenvalue weighted by Gasteiger charge is -2.31. The number of nitrogens with zero attached hydrogens (tertiary/aromatic N) is 2. The number of benzene rings is 2. The highest BCUT2D eigenvalue weighted by molar-refractivity contribution is 7.92. The van der Waals surface area contributed by atoms with Crippen molar-refractivity contribution in [2.45, 2.75) is 59.0 Å². The van der Waals surface area contributed by atoms with E-state index in [1.165, 1.54) is 4.31 Å². The molecule has 1 aliphatic heterocycles. The Morgan fingerprint density at radius 3 is 2.42 bits per heavy atom. The number of sulfonamides is 1. The number of aryl methyl sites for hydroxylation is 1. The summed E-state index contributed by atoms with van der Waals surface area (Å²) in [5, 5.41) is 2.92. The molecule has 2 aromatic carbocycles. The first-order valence-electron chi connectivity index (χ1n) is 13.1. The average molecular weight is 546 g/mol. The number of carbonyl (C=O) groups excluding carboxylic acids is 2. The molecule has 0 spiro atoms. The molecule has 10 heteroatoms. The third kappa shape index (κ3) is 7.63. The van der Waals surface area contributed by atoms with Crippen LogP contribution in [0.5, 0.6) is 11.5 Å². The van der Waals surface area contributed by atoms with Gasteiger partial charge in [-0.2, -0.15) is 0 Å². The number of ether oxygens (including phenoxy) is 2. The van der Waals surface area contributed by atoms with Crippen LogP contribution in [0.4, 0.5) is 5.69 Å². The van der Waals surface area contributed by atoms with E-state index in [0.717, 1.165) is 23.8 Å². The lowest BCUT2D eigenvalue weighted by atomic mass is 10.1. The summed E-state index contributed by atoms with van der Waals surface area (Å²) in [6.45, 7) is 7.65. The monoisotopic (exact) mass is 545 g/mol. The number of rotatable bonds is 13. The van der Waals surface area contributed by atoms with E-state index in [1.807, 2.05) is 45.0 Å². The van der Waals surface area contributed by atoms with E-state index in [9.17, 15) is 18.0 Å². The number of carbonyl (C=O) groups is 2. The van der Waals surface area contributed by atoms with Gasteiger partial charge < -0.3 is 19.7 Å². The molecular formula is C28H39N3O6S. The molecule has 2 amide bonds. The second kappa shape index (κ2) is 13.5. The van der Waals surface area contributed by atoms with E-state index in [4.69, 9.17) is 9.47 Å². The highest BCUT2D eigenvalue weighted by atomic mass is 32.2. The quantitative estimate of drug-likeness (QED) is 0.412. The molecule has 0 saturated carbocycles. The molecule has 3 rings (SSSR count). The molecule has 0 saturated heterocycles. The van der Waals surface area contributed by atoms with Crippen molar-refractivity contribution in [2.24, 2.45) is 0 Å². The lowest BCUT2D eigenvalue weighted by molar-refractivity contribution is -0.141. The minimum absolute atomic E-state index is 0.0972. The summed E-state index contributed by atoms with van der Waals surface area (Å²) in [6.07, 6.45) is 2.80. The van der Waals surface area contributed by atoms with E-state index >= 15 is 0 Å². The molecule has 0 unspecified atom stereocenters. The Kier molecular flexibility index (Phi) is 10.4. The topological polar surface area (TPSA) is 105 Å². The van der Waals surface area contributed by atoms with Gasteiger partial charge in [0, 0.05) is 32.1 Å². The summed E-state index contributed by atoms with van der Waals surface area (Å²) < 4.78 is 37.7. The van der Waals surface area contributed by atoms with E-state index in [1.54, 1.807) is 23.1 Å². The number of hydrogen-bond donors (Lipinski definition) is 1. The van der Waals surface area contributed by atoms with Gasteiger partial charge in [0.15, 0.2) is 11.5 Å². The van der Waals surface area contributed by atoms with Gasteiger partial charge in [-0.3, -0.25) is 13.9 Å². The first-order valence-corrected chi connectivity index (χ1v) is 15.0. The predicted molar refractivity (Wildman–Crippen MR) is 148 cm³/mol. The predicted octanol–water partition coefficient (Wildman–Crippen LogP) is 3.65. The van der Waals surface area contributed by atoms with Crippen LogP contribution in [0, 0.1) is 6.92 Å². The maximum absolute atomic E-state index is 13.5. The third-order valence-corrected chi connectivity index (χ3v) is 7.70. The van der Waals surface area contributed by atoms with E-state index in [0.29, 0.717) is 49.9 Å². The SMILES string of the molecule is CCCNC(=O)[C@@H](CC)N(Cc1ccccc1C)C(=O)CCCN(c1ccc2c(c1)OCCO2)S(C)(=O)=O. The Balaban J connectivity index is 1.77. The number of amides is 2. The molecule has 1 atom stereocenters. The molecule has 9 nitrogen and oxygen atoms in total. The molecular weight excluding hydrogens is 506 g/mol. The fraction of sp³-hybridized carbons (Fsp3) is 0.500. The van der Waals surface area contributed by atoms with Gasteiger partial charge in [0.05, 0.1) is 11.9 Å². The van der Waals surface area contributed by atoms with Gasteiger partial charge in [-0.1, -0.05) is 38.1 Å². The third-order valence-electron chi connectivity index (χ3n) is 6.50. The minimum atomic E-state index is -3.61. The highest BCUT2D eigenvalue weighted by Gasteiger charge is 2.29. The van der Waals surface area contributed by atoms with Crippen molar-refractivity contribution >= 4 is 27.5 Å². The van der Waals surface area contributed by atoms with Crippen LogP contribution >= 0.6 is 0 Å². The smallest absolute Gasteiger partial charge is 0.242 e. The summed E-state index contributed by atoms with van der Waals surface area (Å²) in [4.78, 5) is 28.1. The van der Waals surface area contributed by atoms with Crippen LogP contribution in [0.15, 0.2) is 42.5 Å². The van der Waals surface area contributed by atoms with Gasteiger partial charge in [-0.25, -0.2) is 8.42 Å². The molecule has 1 heterocycles. The number of hydrogen-bond acceptors (Lipinski definition) is 6. The van der Waals surface area contributed by atoms with Crippen LogP contribution in [0.1, 0.15) is 50.7 Å². The Morgan fingerprint density at radius 1 is 1.05 bits per heavy atom. The molecule has 1 N–H and O–H groups in total. The minimum Gasteiger partial charge on any atom is -0.486 e. The molecule has 208 valence electrons. The van der Waals surface area contributed by atoms with Gasteiger partial charge in [0.1, 0.15) is 19.3 Å². The fourth-order valence-corrected chi connectivity index (χ4v) is 5.40. The summed E-state index contributed by atoms with van der Waals surface area (Å²) in [5.74, 6) is 0.696. The standard InChI is InChI=1S/C28H39N3O6S/c1-5-15-29-28(33)24(6-2)30(20-22-11-8-7-10-21(22)3)27(32)12-9-16-31(38(4,34)35)23-13-14-25-26(19-23)37-18-17-36-25/h7-8,10-11,13-14,19,24H,5-6,9,12,15-18,20H2,1-4H3,(H,29,33)/t24-/m1/s1. The maximum Gasteiger partial charge on any atom is 0.242 e. The second-order valence-electron chi connectivity index (χ2n) is 9.43. The van der Waals surface area contributed by atoms with Crippen molar-refractivity contribution in [1.29, 1.82) is 0 Å². The van der Waals surface area contributed by atoms with Gasteiger partial charge in [-0.15, -0.1) is 0 Å². The van der Waals surface area contributed by atoms with Gasteiger partial charge in [0.25, 0.3) is 0 Å². The maximum atomic E-state index is 13.5. The van der Waals surface area contributed by atoms with E-state index in [2.05, 4.69) is 5.32 Å². The van der Waals surface area contributed by atoms with E-state index in [-0.39, 0.29) is 31.2 Å². The second-order valence-corrected chi connectivity index (χ2v) is 11.3. The van der Waals surface area contributed by atoms with Crippen molar-refractivity contribution in [3.8, 4) is 11.5 Å². The van der Waals surface area contributed by atoms with Crippen LogP contribution in [-0.4, -0.2) is 63.7 Å². The Labute approximate surface area is 226 Å². The highest BCUT2D eigenvalue weighted by Crippen LogP contribution is 2.34. The largest absolute Gasteiger partial charge is 0.486 e. The van der Waals surface area contributed by atoms with Crippen LogP contribution < -0.4 is 19.1 Å². The van der Waals surface area contributed by atoms with Crippen LogP contribution in [0.25, 0.3) is 0 Å². The average Bonchev–Trinajstić information content (AvgIpc) is 2.89. The first kappa shape index (κ1) is 29.3. The van der Waals surface area contributed by atoms with Crippen molar-refractivity contribution in [3.05, 3.63) is 53.6 Å². The lowest BCUT2D eigenvalue weighted by Crippen LogP contribution is -2.49. The zero-order valence-corrected chi connectivity index (χ0v) is 23.6. The number of fused-ring (bicyclic) bond motifs is 1. The Bertz CT molecular complexity index is 1220. The molecule has 0 fully saturated rings. The summed E-state index contributed by atoms with van der Waals surface area (Å²) >= 11 is 0. The van der Waals surface area contributed by atoms with Crippen LogP contribution in [0.3, 0.4) is 0 Å². The van der Waals surface area contributed by atoms with E-state index < -0.39 is 16.1 Å². The van der Waals surface area contributed by atoms with Crippen LogP contribution in [0.2, 0.25) is 0 Å².